The van der Waals surface area contributed by atoms with Crippen LogP contribution in [0.15, 0.2) is 24.3 Å². The van der Waals surface area contributed by atoms with Gasteiger partial charge in [-0.2, -0.15) is 0 Å². The van der Waals surface area contributed by atoms with E-state index in [4.69, 9.17) is 0 Å². The lowest BCUT2D eigenvalue weighted by atomic mass is 9.87. The van der Waals surface area contributed by atoms with Crippen LogP contribution in [0.5, 0.6) is 0 Å². The molecule has 1 saturated carbocycles. The van der Waals surface area contributed by atoms with E-state index in [0.717, 1.165) is 37.7 Å². The molecule has 0 aromatic heterocycles. The summed E-state index contributed by atoms with van der Waals surface area (Å²) in [7, 11) is -3.32. The monoisotopic (exact) mass is 351 g/mol. The molecular weight excluding hydrogens is 326 g/mol. The van der Waals surface area contributed by atoms with Crippen LogP contribution in [0.4, 0.5) is 5.69 Å². The number of para-hydroxylation sites is 1. The molecular formula is C18H25NO4S. The number of rotatable bonds is 3. The minimum absolute atomic E-state index is 0.0369. The van der Waals surface area contributed by atoms with Crippen LogP contribution in [0.3, 0.4) is 0 Å². The fourth-order valence-corrected chi connectivity index (χ4v) is 5.67. The van der Waals surface area contributed by atoms with E-state index in [-0.39, 0.29) is 23.3 Å². The average molecular weight is 351 g/mol. The number of aliphatic hydroxyl groups is 1. The maximum atomic E-state index is 13.2. The summed E-state index contributed by atoms with van der Waals surface area (Å²) in [5.74, 6) is -0.544. The van der Waals surface area contributed by atoms with Crippen molar-refractivity contribution < 1.29 is 18.3 Å². The van der Waals surface area contributed by atoms with Crippen LogP contribution in [0.2, 0.25) is 0 Å². The van der Waals surface area contributed by atoms with Gasteiger partial charge in [0.1, 0.15) is 0 Å². The molecule has 1 amide bonds. The van der Waals surface area contributed by atoms with Crippen molar-refractivity contribution in [2.24, 2.45) is 5.92 Å². The third-order valence-electron chi connectivity index (χ3n) is 5.19. The van der Waals surface area contributed by atoms with Crippen LogP contribution < -0.4 is 4.90 Å². The van der Waals surface area contributed by atoms with Gasteiger partial charge in [0.05, 0.1) is 23.7 Å². The first kappa shape index (κ1) is 17.4. The number of amides is 1. The van der Waals surface area contributed by atoms with Gasteiger partial charge in [0.2, 0.25) is 5.91 Å². The molecule has 0 radical (unpaired) electrons. The summed E-state index contributed by atoms with van der Waals surface area (Å²) in [6, 6.07) is 6.80. The minimum Gasteiger partial charge on any atom is -0.390 e. The van der Waals surface area contributed by atoms with Crippen LogP contribution in [-0.4, -0.2) is 43.1 Å². The second-order valence-corrected chi connectivity index (χ2v) is 9.20. The largest absolute Gasteiger partial charge is 0.390 e. The number of aliphatic hydroxyl groups excluding tert-OH is 1. The zero-order chi connectivity index (χ0) is 17.3. The number of benzene rings is 1. The fourth-order valence-electron chi connectivity index (χ4n) is 3.90. The normalized spacial score (nSPS) is 27.1. The molecule has 1 aromatic carbocycles. The zero-order valence-corrected chi connectivity index (χ0v) is 14.8. The zero-order valence-electron chi connectivity index (χ0n) is 14.0. The van der Waals surface area contributed by atoms with Gasteiger partial charge in [-0.05, 0) is 31.4 Å². The van der Waals surface area contributed by atoms with Crippen LogP contribution >= 0.6 is 0 Å². The van der Waals surface area contributed by atoms with Gasteiger partial charge in [0.15, 0.2) is 9.84 Å². The Bertz CT molecular complexity index is 709. The van der Waals surface area contributed by atoms with E-state index in [9.17, 15) is 18.3 Å². The first-order chi connectivity index (χ1) is 11.4. The molecule has 2 fully saturated rings. The highest BCUT2D eigenvalue weighted by Gasteiger charge is 2.44. The van der Waals surface area contributed by atoms with Crippen molar-refractivity contribution >= 4 is 21.4 Å². The molecule has 1 N–H and O–H groups in total. The third kappa shape index (κ3) is 3.49. The van der Waals surface area contributed by atoms with E-state index >= 15 is 0 Å². The average Bonchev–Trinajstić information content (AvgIpc) is 2.83. The number of anilines is 1. The van der Waals surface area contributed by atoms with E-state index in [2.05, 4.69) is 0 Å². The highest BCUT2D eigenvalue weighted by atomic mass is 32.2. The first-order valence-electron chi connectivity index (χ1n) is 8.66. The Morgan fingerprint density at radius 1 is 1.12 bits per heavy atom. The maximum absolute atomic E-state index is 13.2. The molecule has 2 aliphatic rings. The Balaban J connectivity index is 1.98. The summed E-state index contributed by atoms with van der Waals surface area (Å²) < 4.78 is 23.9. The molecule has 2 unspecified atom stereocenters. The second kappa shape index (κ2) is 6.84. The van der Waals surface area contributed by atoms with Crippen molar-refractivity contribution in [1.29, 1.82) is 0 Å². The van der Waals surface area contributed by atoms with E-state index in [1.54, 1.807) is 4.90 Å². The molecule has 1 saturated heterocycles. The van der Waals surface area contributed by atoms with Crippen molar-refractivity contribution in [3.05, 3.63) is 29.8 Å². The van der Waals surface area contributed by atoms with Crippen molar-refractivity contribution in [2.45, 2.75) is 51.2 Å². The molecule has 0 spiro atoms. The van der Waals surface area contributed by atoms with Crippen molar-refractivity contribution in [3.8, 4) is 0 Å². The van der Waals surface area contributed by atoms with Crippen molar-refractivity contribution in [3.63, 3.8) is 0 Å². The molecule has 24 heavy (non-hydrogen) atoms. The van der Waals surface area contributed by atoms with Gasteiger partial charge in [0.25, 0.3) is 0 Å². The highest BCUT2D eigenvalue weighted by molar-refractivity contribution is 7.91. The Morgan fingerprint density at radius 2 is 1.79 bits per heavy atom. The van der Waals surface area contributed by atoms with Crippen molar-refractivity contribution in [2.75, 3.05) is 16.4 Å². The number of hydrogen-bond donors (Lipinski definition) is 1. The maximum Gasteiger partial charge on any atom is 0.230 e. The number of hydrogen-bond acceptors (Lipinski definition) is 4. The third-order valence-corrected chi connectivity index (χ3v) is 6.89. The van der Waals surface area contributed by atoms with Crippen molar-refractivity contribution in [1.82, 2.24) is 0 Å². The first-order valence-corrected chi connectivity index (χ1v) is 10.5. The number of aryl methyl sites for hydroxylation is 1. The van der Waals surface area contributed by atoms with Crippen LogP contribution in [0, 0.1) is 12.8 Å². The summed E-state index contributed by atoms with van der Waals surface area (Å²) in [6.45, 7) is 1.91. The van der Waals surface area contributed by atoms with Gasteiger partial charge in [-0.25, -0.2) is 8.42 Å². The van der Waals surface area contributed by atoms with E-state index in [0.29, 0.717) is 5.69 Å². The van der Waals surface area contributed by atoms with Crippen LogP contribution in [-0.2, 0) is 14.6 Å². The van der Waals surface area contributed by atoms with Crippen LogP contribution in [0.1, 0.15) is 37.7 Å². The predicted molar refractivity (Wildman–Crippen MR) is 93.7 cm³/mol. The SMILES string of the molecule is Cc1ccccc1N(C(=O)C1CCCCC1)C1CS(=O)(=O)CC1O. The standard InChI is InChI=1S/C18H25NO4S/c1-13-7-5-6-10-15(13)19(16-11-24(22,23)12-17(16)20)18(21)14-8-3-2-4-9-14/h5-7,10,14,16-17,20H,2-4,8-9,11-12H2,1H3. The molecule has 1 aliphatic heterocycles. The van der Waals surface area contributed by atoms with Gasteiger partial charge < -0.3 is 10.0 Å². The molecule has 1 aliphatic carbocycles. The van der Waals surface area contributed by atoms with E-state index in [1.807, 2.05) is 31.2 Å². The minimum atomic E-state index is -3.32. The summed E-state index contributed by atoms with van der Waals surface area (Å²) in [6.07, 6.45) is 3.87. The van der Waals surface area contributed by atoms with Gasteiger partial charge in [-0.15, -0.1) is 0 Å². The molecule has 3 rings (SSSR count). The lowest BCUT2D eigenvalue weighted by Crippen LogP contribution is -2.50. The summed E-state index contributed by atoms with van der Waals surface area (Å²) >= 11 is 0. The van der Waals surface area contributed by atoms with E-state index in [1.165, 1.54) is 0 Å². The van der Waals surface area contributed by atoms with Gasteiger partial charge in [0, 0.05) is 11.6 Å². The molecule has 1 aromatic rings. The summed E-state index contributed by atoms with van der Waals surface area (Å²) in [5, 5.41) is 10.3. The molecule has 5 nitrogen and oxygen atoms in total. The second-order valence-electron chi connectivity index (χ2n) is 7.04. The quantitative estimate of drug-likeness (QED) is 0.905. The Labute approximate surface area is 143 Å². The molecule has 132 valence electrons. The van der Waals surface area contributed by atoms with Gasteiger partial charge in [-0.1, -0.05) is 37.5 Å². The summed E-state index contributed by atoms with van der Waals surface area (Å²) in [5.41, 5.74) is 1.63. The van der Waals surface area contributed by atoms with Crippen LogP contribution in [0.25, 0.3) is 0 Å². The lowest BCUT2D eigenvalue weighted by molar-refractivity contribution is -0.124. The Morgan fingerprint density at radius 3 is 2.38 bits per heavy atom. The van der Waals surface area contributed by atoms with E-state index < -0.39 is 22.0 Å². The van der Waals surface area contributed by atoms with Gasteiger partial charge >= 0.3 is 0 Å². The number of carbonyl (C=O) groups excluding carboxylic acids is 1. The number of carbonyl (C=O) groups is 1. The molecule has 1 heterocycles. The topological polar surface area (TPSA) is 74.7 Å². The number of sulfone groups is 1. The molecule has 2 atom stereocenters. The predicted octanol–water partition coefficient (Wildman–Crippen LogP) is 2.07. The highest BCUT2D eigenvalue weighted by Crippen LogP contribution is 2.33. The Kier molecular flexibility index (Phi) is 4.97. The lowest BCUT2D eigenvalue weighted by Gasteiger charge is -2.35. The van der Waals surface area contributed by atoms with Gasteiger partial charge in [-0.3, -0.25) is 4.79 Å². The summed E-state index contributed by atoms with van der Waals surface area (Å²) in [4.78, 5) is 14.8. The number of nitrogens with zero attached hydrogens (tertiary/aromatic N) is 1. The molecule has 6 heteroatoms. The fraction of sp³-hybridized carbons (Fsp3) is 0.611. The molecule has 0 bridgehead atoms. The smallest absolute Gasteiger partial charge is 0.230 e. The Hall–Kier alpha value is -1.40.